The second-order valence-corrected chi connectivity index (χ2v) is 10.8. The molecule has 1 aliphatic carbocycles. The summed E-state index contributed by atoms with van der Waals surface area (Å²) in [5.74, 6) is 1.61. The molecule has 0 bridgehead atoms. The van der Waals surface area contributed by atoms with Crippen LogP contribution < -0.4 is 10.2 Å². The van der Waals surface area contributed by atoms with Crippen molar-refractivity contribution >= 4 is 22.9 Å². The summed E-state index contributed by atoms with van der Waals surface area (Å²) in [5.41, 5.74) is 7.58. The van der Waals surface area contributed by atoms with Crippen LogP contribution in [0, 0.1) is 0 Å². The molecule has 0 radical (unpaired) electrons. The van der Waals surface area contributed by atoms with Gasteiger partial charge in [-0.25, -0.2) is 4.98 Å². The maximum absolute atomic E-state index is 4.99. The molecule has 1 aliphatic heterocycles. The van der Waals surface area contributed by atoms with Crippen LogP contribution in [0.2, 0.25) is 0 Å². The molecule has 4 aromatic rings. The first-order valence-corrected chi connectivity index (χ1v) is 14.4. The zero-order valence-corrected chi connectivity index (χ0v) is 23.2. The SMILES string of the molecule is C=CCn1cnc2c(NCCC)nc(N3CCC(N(C)C4c5ccccc5CCc5ccccc54)CC3)nc21. The minimum Gasteiger partial charge on any atom is -0.368 e. The summed E-state index contributed by atoms with van der Waals surface area (Å²) in [6.07, 6.45) is 9.10. The third kappa shape index (κ3) is 4.91. The Morgan fingerprint density at radius 3 is 2.31 bits per heavy atom. The molecule has 39 heavy (non-hydrogen) atoms. The van der Waals surface area contributed by atoms with Crippen LogP contribution in [0.25, 0.3) is 11.2 Å². The Morgan fingerprint density at radius 2 is 1.67 bits per heavy atom. The van der Waals surface area contributed by atoms with E-state index in [9.17, 15) is 0 Å². The second kappa shape index (κ2) is 11.2. The van der Waals surface area contributed by atoms with Gasteiger partial charge in [-0.05, 0) is 61.4 Å². The van der Waals surface area contributed by atoms with E-state index in [2.05, 4.69) is 89.2 Å². The lowest BCUT2D eigenvalue weighted by Gasteiger charge is -2.41. The number of piperidine rings is 1. The highest BCUT2D eigenvalue weighted by atomic mass is 15.3. The van der Waals surface area contributed by atoms with E-state index >= 15 is 0 Å². The van der Waals surface area contributed by atoms with Gasteiger partial charge >= 0.3 is 0 Å². The molecule has 0 spiro atoms. The highest BCUT2D eigenvalue weighted by molar-refractivity contribution is 5.84. The lowest BCUT2D eigenvalue weighted by molar-refractivity contribution is 0.169. The number of benzene rings is 2. The molecule has 202 valence electrons. The molecule has 2 aromatic carbocycles. The second-order valence-electron chi connectivity index (χ2n) is 10.8. The molecule has 0 saturated carbocycles. The van der Waals surface area contributed by atoms with Crippen molar-refractivity contribution in [1.82, 2.24) is 24.4 Å². The summed E-state index contributed by atoms with van der Waals surface area (Å²) in [4.78, 5) is 19.5. The van der Waals surface area contributed by atoms with Crippen LogP contribution in [-0.2, 0) is 19.4 Å². The first kappa shape index (κ1) is 25.6. The smallest absolute Gasteiger partial charge is 0.229 e. The number of hydrogen-bond acceptors (Lipinski definition) is 6. The molecular formula is C32H39N7. The number of nitrogens with zero attached hydrogens (tertiary/aromatic N) is 6. The largest absolute Gasteiger partial charge is 0.368 e. The summed E-state index contributed by atoms with van der Waals surface area (Å²) < 4.78 is 2.05. The van der Waals surface area contributed by atoms with Crippen LogP contribution >= 0.6 is 0 Å². The van der Waals surface area contributed by atoms with Crippen LogP contribution in [0.15, 0.2) is 67.5 Å². The third-order valence-corrected chi connectivity index (χ3v) is 8.41. The van der Waals surface area contributed by atoms with Gasteiger partial charge in [-0.2, -0.15) is 9.97 Å². The summed E-state index contributed by atoms with van der Waals surface area (Å²) in [6.45, 7) is 9.46. The first-order valence-electron chi connectivity index (χ1n) is 14.4. The van der Waals surface area contributed by atoms with Gasteiger partial charge in [0.05, 0.1) is 12.4 Å². The standard InChI is InChI=1S/C32H39N7/c1-4-18-33-30-28-31(39(19-5-2)22-34-28)36-32(35-30)38-20-16-25(17-21-38)37(3)29-26-12-8-6-10-23(26)14-15-24-11-7-9-13-27(24)29/h5-13,22,25,29H,2,4,14-21H2,1,3H3,(H,33,35,36). The highest BCUT2D eigenvalue weighted by Gasteiger charge is 2.33. The Morgan fingerprint density at radius 1 is 1.00 bits per heavy atom. The minimum absolute atomic E-state index is 0.280. The van der Waals surface area contributed by atoms with Crippen molar-refractivity contribution in [3.8, 4) is 0 Å². The van der Waals surface area contributed by atoms with Crippen LogP contribution in [0.5, 0.6) is 0 Å². The molecule has 3 heterocycles. The number of aryl methyl sites for hydroxylation is 2. The van der Waals surface area contributed by atoms with E-state index in [-0.39, 0.29) is 6.04 Å². The van der Waals surface area contributed by atoms with Crippen molar-refractivity contribution < 1.29 is 0 Å². The van der Waals surface area contributed by atoms with Crippen molar-refractivity contribution in [2.75, 3.05) is 36.9 Å². The fraction of sp³-hybridized carbons (Fsp3) is 0.406. The highest BCUT2D eigenvalue weighted by Crippen LogP contribution is 2.38. The minimum atomic E-state index is 0.280. The topological polar surface area (TPSA) is 62.1 Å². The van der Waals surface area contributed by atoms with E-state index in [0.717, 1.165) is 74.7 Å². The monoisotopic (exact) mass is 521 g/mol. The van der Waals surface area contributed by atoms with Crippen LogP contribution in [0.1, 0.15) is 54.5 Å². The predicted molar refractivity (Wildman–Crippen MR) is 159 cm³/mol. The molecule has 0 atom stereocenters. The van der Waals surface area contributed by atoms with Crippen LogP contribution in [0.4, 0.5) is 11.8 Å². The summed E-state index contributed by atoms with van der Waals surface area (Å²) in [7, 11) is 2.33. The number of allylic oxidation sites excluding steroid dienone is 1. The predicted octanol–water partition coefficient (Wildman–Crippen LogP) is 5.62. The van der Waals surface area contributed by atoms with Crippen molar-refractivity contribution in [2.45, 2.75) is 57.7 Å². The Labute approximate surface area is 231 Å². The van der Waals surface area contributed by atoms with Gasteiger partial charge in [0, 0.05) is 32.2 Å². The molecule has 2 aliphatic rings. The van der Waals surface area contributed by atoms with Gasteiger partial charge in [0.2, 0.25) is 5.95 Å². The number of rotatable bonds is 8. The molecule has 1 N–H and O–H groups in total. The maximum atomic E-state index is 4.99. The van der Waals surface area contributed by atoms with Gasteiger partial charge in [-0.15, -0.1) is 6.58 Å². The Hall–Kier alpha value is -3.71. The molecule has 6 rings (SSSR count). The molecule has 1 fully saturated rings. The molecule has 1 saturated heterocycles. The van der Waals surface area contributed by atoms with Gasteiger partial charge in [0.15, 0.2) is 17.0 Å². The quantitative estimate of drug-likeness (QED) is 0.304. The third-order valence-electron chi connectivity index (χ3n) is 8.41. The van der Waals surface area contributed by atoms with Crippen LogP contribution in [0.3, 0.4) is 0 Å². The number of fused-ring (bicyclic) bond motifs is 3. The van der Waals surface area contributed by atoms with Crippen molar-refractivity contribution in [1.29, 1.82) is 0 Å². The van der Waals surface area contributed by atoms with Gasteiger partial charge in [-0.1, -0.05) is 61.5 Å². The molecule has 0 amide bonds. The van der Waals surface area contributed by atoms with E-state index in [1.54, 1.807) is 0 Å². The summed E-state index contributed by atoms with van der Waals surface area (Å²) in [5, 5.41) is 3.48. The number of imidazole rings is 1. The lowest BCUT2D eigenvalue weighted by Crippen LogP contribution is -2.45. The van der Waals surface area contributed by atoms with Crippen molar-refractivity contribution in [3.05, 3.63) is 89.8 Å². The maximum Gasteiger partial charge on any atom is 0.229 e. The average molecular weight is 522 g/mol. The number of aromatic nitrogens is 4. The summed E-state index contributed by atoms with van der Waals surface area (Å²) in [6, 6.07) is 18.9. The van der Waals surface area contributed by atoms with E-state index in [4.69, 9.17) is 9.97 Å². The molecule has 2 aromatic heterocycles. The lowest BCUT2D eigenvalue weighted by atomic mass is 9.91. The van der Waals surface area contributed by atoms with Gasteiger partial charge < -0.3 is 14.8 Å². The van der Waals surface area contributed by atoms with E-state index < -0.39 is 0 Å². The molecular weight excluding hydrogens is 482 g/mol. The molecule has 0 unspecified atom stereocenters. The van der Waals surface area contributed by atoms with Gasteiger partial charge in [0.1, 0.15) is 0 Å². The molecule has 7 heteroatoms. The fourth-order valence-electron chi connectivity index (χ4n) is 6.33. The normalized spacial score (nSPS) is 16.2. The van der Waals surface area contributed by atoms with Crippen LogP contribution in [-0.4, -0.2) is 57.1 Å². The zero-order valence-electron chi connectivity index (χ0n) is 23.2. The first-order chi connectivity index (χ1) is 19.2. The molecule has 7 nitrogen and oxygen atoms in total. The van der Waals surface area contributed by atoms with Crippen molar-refractivity contribution in [3.63, 3.8) is 0 Å². The van der Waals surface area contributed by atoms with E-state index in [1.165, 1.54) is 22.3 Å². The average Bonchev–Trinajstić information content (AvgIpc) is 3.30. The number of hydrogen-bond donors (Lipinski definition) is 1. The van der Waals surface area contributed by atoms with E-state index in [1.807, 2.05) is 17.0 Å². The Bertz CT molecular complexity index is 1400. The van der Waals surface area contributed by atoms with Crippen molar-refractivity contribution in [2.24, 2.45) is 0 Å². The number of nitrogens with one attached hydrogen (secondary N) is 1. The summed E-state index contributed by atoms with van der Waals surface area (Å²) >= 11 is 0. The van der Waals surface area contributed by atoms with Gasteiger partial charge in [-0.3, -0.25) is 4.90 Å². The Balaban J connectivity index is 1.25. The zero-order chi connectivity index (χ0) is 26.8. The van der Waals surface area contributed by atoms with E-state index in [0.29, 0.717) is 12.6 Å². The van der Waals surface area contributed by atoms with Gasteiger partial charge in [0.25, 0.3) is 0 Å². The Kier molecular flexibility index (Phi) is 7.33. The fourth-order valence-corrected chi connectivity index (χ4v) is 6.33. The number of anilines is 2.